The van der Waals surface area contributed by atoms with Gasteiger partial charge in [0.25, 0.3) is 5.91 Å². The molecule has 124 valence electrons. The largest absolute Gasteiger partial charge is 0.497 e. The lowest BCUT2D eigenvalue weighted by molar-refractivity contribution is 0.102. The van der Waals surface area contributed by atoms with Gasteiger partial charge in [0, 0.05) is 12.5 Å². The summed E-state index contributed by atoms with van der Waals surface area (Å²) in [6.45, 7) is 0.297. The number of hydrogen-bond acceptors (Lipinski definition) is 8. The van der Waals surface area contributed by atoms with Crippen LogP contribution in [0.1, 0.15) is 15.4 Å². The van der Waals surface area contributed by atoms with Gasteiger partial charge in [-0.25, -0.2) is 4.79 Å². The van der Waals surface area contributed by atoms with E-state index in [1.165, 1.54) is 20.3 Å². The predicted octanol–water partition coefficient (Wildman–Crippen LogP) is 2.05. The van der Waals surface area contributed by atoms with Crippen LogP contribution >= 0.6 is 11.3 Å². The molecule has 9 heteroatoms. The monoisotopic (exact) mass is 347 g/mol. The zero-order valence-corrected chi connectivity index (χ0v) is 13.7. The molecule has 8 nitrogen and oxygen atoms in total. The highest BCUT2D eigenvalue weighted by Crippen LogP contribution is 2.21. The number of hydrogen-bond donors (Lipinski definition) is 1. The number of aromatic nitrogens is 2. The van der Waals surface area contributed by atoms with Crippen molar-refractivity contribution in [3.63, 3.8) is 0 Å². The van der Waals surface area contributed by atoms with Gasteiger partial charge in [-0.2, -0.15) is 0 Å². The normalized spacial score (nSPS) is 10.8. The fraction of sp³-hybridized carbons (Fsp3) is 0.200. The summed E-state index contributed by atoms with van der Waals surface area (Å²) in [6, 6.07) is 6.41. The summed E-state index contributed by atoms with van der Waals surface area (Å²) in [7, 11) is 3.06. The van der Waals surface area contributed by atoms with Crippen molar-refractivity contribution in [1.82, 2.24) is 10.2 Å². The number of ether oxygens (including phenoxy) is 2. The van der Waals surface area contributed by atoms with E-state index in [1.54, 1.807) is 18.2 Å². The Bertz CT molecular complexity index is 950. The fourth-order valence-corrected chi connectivity index (χ4v) is 2.74. The smallest absolute Gasteiger partial charge is 0.349 e. The molecule has 0 saturated carbocycles. The van der Waals surface area contributed by atoms with E-state index in [-0.39, 0.29) is 10.7 Å². The maximum atomic E-state index is 12.3. The molecule has 24 heavy (non-hydrogen) atoms. The Kier molecular flexibility index (Phi) is 4.54. The molecule has 0 radical (unpaired) electrons. The maximum absolute atomic E-state index is 12.3. The van der Waals surface area contributed by atoms with Gasteiger partial charge in [0.05, 0.1) is 7.11 Å². The molecule has 0 atom stereocenters. The van der Waals surface area contributed by atoms with Gasteiger partial charge in [0.15, 0.2) is 0 Å². The standard InChI is InChI=1S/C15H13N3O5S/c1-21-7-12-17-18-15(24-12)16-13(19)10-6-8-5-9(22-2)3-4-11(8)23-14(10)20/h3-6H,7H2,1-2H3,(H,16,18,19). The van der Waals surface area contributed by atoms with Gasteiger partial charge in [0.2, 0.25) is 5.13 Å². The Hall–Kier alpha value is -2.78. The molecular formula is C15H13N3O5S. The van der Waals surface area contributed by atoms with E-state index in [0.717, 1.165) is 11.3 Å². The van der Waals surface area contributed by atoms with Crippen LogP contribution in [0, 0.1) is 0 Å². The Balaban J connectivity index is 1.90. The van der Waals surface area contributed by atoms with E-state index in [1.807, 2.05) is 0 Å². The first kappa shape index (κ1) is 16.1. The minimum Gasteiger partial charge on any atom is -0.497 e. The van der Waals surface area contributed by atoms with Crippen molar-refractivity contribution in [2.24, 2.45) is 0 Å². The van der Waals surface area contributed by atoms with Crippen molar-refractivity contribution in [3.8, 4) is 5.75 Å². The molecule has 1 aromatic carbocycles. The van der Waals surface area contributed by atoms with Crippen molar-refractivity contribution in [2.45, 2.75) is 6.61 Å². The number of carbonyl (C=O) groups excluding carboxylic acids is 1. The van der Waals surface area contributed by atoms with Gasteiger partial charge >= 0.3 is 5.63 Å². The Morgan fingerprint density at radius 3 is 2.88 bits per heavy atom. The zero-order valence-electron chi connectivity index (χ0n) is 12.9. The average Bonchev–Trinajstić information content (AvgIpc) is 3.01. The number of benzene rings is 1. The SMILES string of the molecule is COCc1nnc(NC(=O)c2cc3cc(OC)ccc3oc2=O)s1. The summed E-state index contributed by atoms with van der Waals surface area (Å²) in [5.41, 5.74) is -0.485. The zero-order chi connectivity index (χ0) is 17.1. The first-order valence-corrected chi connectivity index (χ1v) is 7.67. The lowest BCUT2D eigenvalue weighted by atomic mass is 10.1. The van der Waals surface area contributed by atoms with E-state index in [2.05, 4.69) is 15.5 Å². The molecular weight excluding hydrogens is 334 g/mol. The molecule has 0 aliphatic rings. The molecule has 1 amide bonds. The number of nitrogens with one attached hydrogen (secondary N) is 1. The molecule has 0 fully saturated rings. The molecule has 2 heterocycles. The van der Waals surface area contributed by atoms with Gasteiger partial charge in [-0.15, -0.1) is 10.2 Å². The van der Waals surface area contributed by atoms with Crippen molar-refractivity contribution < 1.29 is 18.7 Å². The van der Waals surface area contributed by atoms with Crippen molar-refractivity contribution in [2.75, 3.05) is 19.5 Å². The first-order chi connectivity index (χ1) is 11.6. The molecule has 3 rings (SSSR count). The van der Waals surface area contributed by atoms with Crippen LogP contribution in [0.2, 0.25) is 0 Å². The highest BCUT2D eigenvalue weighted by atomic mass is 32.1. The highest BCUT2D eigenvalue weighted by molar-refractivity contribution is 7.15. The molecule has 0 aliphatic carbocycles. The van der Waals surface area contributed by atoms with E-state index in [0.29, 0.717) is 28.3 Å². The topological polar surface area (TPSA) is 104 Å². The second-order valence-electron chi connectivity index (χ2n) is 4.74. The summed E-state index contributed by atoms with van der Waals surface area (Å²) >= 11 is 1.16. The van der Waals surface area contributed by atoms with Crippen LogP contribution in [0.4, 0.5) is 5.13 Å². The van der Waals surface area contributed by atoms with Crippen LogP contribution in [-0.2, 0) is 11.3 Å². The molecule has 0 spiro atoms. The van der Waals surface area contributed by atoms with Crippen LogP contribution < -0.4 is 15.7 Å². The molecule has 0 unspecified atom stereocenters. The Labute approximate surface area is 140 Å². The molecule has 1 N–H and O–H groups in total. The molecule has 0 aliphatic heterocycles. The number of anilines is 1. The third kappa shape index (κ3) is 3.26. The summed E-state index contributed by atoms with van der Waals surface area (Å²) in [6.07, 6.45) is 0. The third-order valence-corrected chi connectivity index (χ3v) is 3.95. The van der Waals surface area contributed by atoms with E-state index in [4.69, 9.17) is 13.9 Å². The molecule has 2 aromatic heterocycles. The second-order valence-corrected chi connectivity index (χ2v) is 5.80. The van der Waals surface area contributed by atoms with Gasteiger partial charge in [-0.05, 0) is 24.3 Å². The fourth-order valence-electron chi connectivity index (χ4n) is 2.04. The summed E-state index contributed by atoms with van der Waals surface area (Å²) in [5, 5.41) is 11.7. The van der Waals surface area contributed by atoms with E-state index >= 15 is 0 Å². The van der Waals surface area contributed by atoms with Crippen molar-refractivity contribution >= 4 is 33.3 Å². The van der Waals surface area contributed by atoms with Crippen LogP contribution in [0.15, 0.2) is 33.5 Å². The lowest BCUT2D eigenvalue weighted by Crippen LogP contribution is -2.20. The lowest BCUT2D eigenvalue weighted by Gasteiger charge is -2.04. The Morgan fingerprint density at radius 1 is 1.29 bits per heavy atom. The van der Waals surface area contributed by atoms with Gasteiger partial charge in [-0.1, -0.05) is 11.3 Å². The number of carbonyl (C=O) groups is 1. The molecule has 0 bridgehead atoms. The van der Waals surface area contributed by atoms with Gasteiger partial charge in [0.1, 0.15) is 28.5 Å². The van der Waals surface area contributed by atoms with Crippen LogP contribution in [0.3, 0.4) is 0 Å². The number of nitrogens with zero attached hydrogens (tertiary/aromatic N) is 2. The van der Waals surface area contributed by atoms with Gasteiger partial charge in [-0.3, -0.25) is 10.1 Å². The number of rotatable bonds is 5. The van der Waals surface area contributed by atoms with Crippen LogP contribution in [0.25, 0.3) is 11.0 Å². The van der Waals surface area contributed by atoms with Crippen LogP contribution in [0.5, 0.6) is 5.75 Å². The maximum Gasteiger partial charge on any atom is 0.349 e. The minimum absolute atomic E-state index is 0.126. The van der Waals surface area contributed by atoms with Gasteiger partial charge < -0.3 is 13.9 Å². The third-order valence-electron chi connectivity index (χ3n) is 3.14. The number of methoxy groups -OCH3 is 2. The van der Waals surface area contributed by atoms with Crippen molar-refractivity contribution in [1.29, 1.82) is 0 Å². The summed E-state index contributed by atoms with van der Waals surface area (Å²) in [5.74, 6) is -0.0235. The summed E-state index contributed by atoms with van der Waals surface area (Å²) < 4.78 is 15.2. The summed E-state index contributed by atoms with van der Waals surface area (Å²) in [4.78, 5) is 24.3. The van der Waals surface area contributed by atoms with E-state index in [9.17, 15) is 9.59 Å². The predicted molar refractivity (Wildman–Crippen MR) is 87.6 cm³/mol. The molecule has 0 saturated heterocycles. The minimum atomic E-state index is -0.730. The Morgan fingerprint density at radius 2 is 2.12 bits per heavy atom. The number of amides is 1. The van der Waals surface area contributed by atoms with Crippen molar-refractivity contribution in [3.05, 3.63) is 45.3 Å². The quantitative estimate of drug-likeness (QED) is 0.704. The average molecular weight is 347 g/mol. The highest BCUT2D eigenvalue weighted by Gasteiger charge is 2.16. The second kappa shape index (κ2) is 6.77. The van der Waals surface area contributed by atoms with Crippen LogP contribution in [-0.4, -0.2) is 30.3 Å². The van der Waals surface area contributed by atoms with E-state index < -0.39 is 11.5 Å². The molecule has 3 aromatic rings. The number of fused-ring (bicyclic) bond motifs is 1. The first-order valence-electron chi connectivity index (χ1n) is 6.85.